The van der Waals surface area contributed by atoms with Crippen molar-refractivity contribution in [1.82, 2.24) is 5.32 Å². The van der Waals surface area contributed by atoms with Crippen molar-refractivity contribution in [3.63, 3.8) is 0 Å². The van der Waals surface area contributed by atoms with Crippen LogP contribution in [0.4, 0.5) is 4.79 Å². The minimum Gasteiger partial charge on any atom is -0.481 e. The molecule has 0 spiro atoms. The average Bonchev–Trinajstić information content (AvgIpc) is 2.32. The van der Waals surface area contributed by atoms with Crippen LogP contribution >= 0.6 is 0 Å². The van der Waals surface area contributed by atoms with Gasteiger partial charge in [-0.1, -0.05) is 17.7 Å². The SMILES string of the molecule is CC(C)(C)OC(=O)NCC1=C(CCC(=O)O)CC=CC1. The molecule has 1 aliphatic carbocycles. The van der Waals surface area contributed by atoms with E-state index in [1.165, 1.54) is 0 Å². The van der Waals surface area contributed by atoms with Crippen LogP contribution in [-0.4, -0.2) is 29.3 Å². The molecule has 1 aliphatic rings. The van der Waals surface area contributed by atoms with E-state index in [0.717, 1.165) is 24.0 Å². The molecule has 0 unspecified atom stereocenters. The van der Waals surface area contributed by atoms with Crippen LogP contribution in [0.15, 0.2) is 23.3 Å². The van der Waals surface area contributed by atoms with E-state index in [1.807, 2.05) is 32.9 Å². The largest absolute Gasteiger partial charge is 0.481 e. The van der Waals surface area contributed by atoms with Crippen LogP contribution in [0.3, 0.4) is 0 Å². The molecule has 0 atom stereocenters. The van der Waals surface area contributed by atoms with Gasteiger partial charge in [-0.25, -0.2) is 4.79 Å². The van der Waals surface area contributed by atoms with Gasteiger partial charge in [0.25, 0.3) is 0 Å². The number of ether oxygens (including phenoxy) is 1. The number of nitrogens with one attached hydrogen (secondary N) is 1. The molecule has 2 N–H and O–H groups in total. The normalized spacial score (nSPS) is 15.2. The highest BCUT2D eigenvalue weighted by molar-refractivity contribution is 5.68. The molecule has 0 bridgehead atoms. The lowest BCUT2D eigenvalue weighted by atomic mass is 9.93. The maximum atomic E-state index is 11.6. The van der Waals surface area contributed by atoms with E-state index in [2.05, 4.69) is 5.32 Å². The average molecular weight is 281 g/mol. The van der Waals surface area contributed by atoms with Crippen molar-refractivity contribution >= 4 is 12.1 Å². The number of hydrogen-bond acceptors (Lipinski definition) is 3. The zero-order valence-corrected chi connectivity index (χ0v) is 12.4. The summed E-state index contributed by atoms with van der Waals surface area (Å²) in [6.45, 7) is 5.85. The first kappa shape index (κ1) is 16.3. The zero-order valence-electron chi connectivity index (χ0n) is 12.4. The number of carbonyl (C=O) groups excluding carboxylic acids is 1. The molecular formula is C15H23NO4. The molecule has 1 amide bonds. The molecule has 0 radical (unpaired) electrons. The van der Waals surface area contributed by atoms with Crippen LogP contribution in [0.5, 0.6) is 0 Å². The first-order valence-electron chi connectivity index (χ1n) is 6.81. The number of rotatable bonds is 5. The van der Waals surface area contributed by atoms with Gasteiger partial charge in [-0.05, 0) is 45.6 Å². The number of carboxylic acids is 1. The van der Waals surface area contributed by atoms with E-state index in [-0.39, 0.29) is 6.42 Å². The standard InChI is InChI=1S/C15H23NO4/c1-15(2,3)20-14(19)16-10-12-7-5-4-6-11(12)8-9-13(17)18/h4-5H,6-10H2,1-3H3,(H,16,19)(H,17,18). The highest BCUT2D eigenvalue weighted by atomic mass is 16.6. The van der Waals surface area contributed by atoms with Crippen molar-refractivity contribution in [2.24, 2.45) is 0 Å². The van der Waals surface area contributed by atoms with Gasteiger partial charge in [-0.15, -0.1) is 0 Å². The summed E-state index contributed by atoms with van der Waals surface area (Å²) in [5, 5.41) is 11.5. The van der Waals surface area contributed by atoms with Crippen molar-refractivity contribution in [3.8, 4) is 0 Å². The molecule has 0 saturated heterocycles. The third-order valence-corrected chi connectivity index (χ3v) is 2.88. The highest BCUT2D eigenvalue weighted by Gasteiger charge is 2.17. The summed E-state index contributed by atoms with van der Waals surface area (Å²) in [4.78, 5) is 22.2. The van der Waals surface area contributed by atoms with Gasteiger partial charge in [0.1, 0.15) is 5.60 Å². The molecule has 0 saturated carbocycles. The van der Waals surface area contributed by atoms with Gasteiger partial charge in [0.15, 0.2) is 0 Å². The maximum absolute atomic E-state index is 11.6. The second kappa shape index (κ2) is 7.12. The minimum atomic E-state index is -0.800. The summed E-state index contributed by atoms with van der Waals surface area (Å²) in [7, 11) is 0. The summed E-state index contributed by atoms with van der Waals surface area (Å²) in [6, 6.07) is 0. The Morgan fingerprint density at radius 2 is 1.85 bits per heavy atom. The number of amides is 1. The zero-order chi connectivity index (χ0) is 15.2. The fourth-order valence-electron chi connectivity index (χ4n) is 1.97. The summed E-state index contributed by atoms with van der Waals surface area (Å²) in [5.74, 6) is -0.800. The van der Waals surface area contributed by atoms with Crippen molar-refractivity contribution in [3.05, 3.63) is 23.3 Å². The van der Waals surface area contributed by atoms with E-state index < -0.39 is 17.7 Å². The molecule has 112 valence electrons. The quantitative estimate of drug-likeness (QED) is 0.759. The molecule has 0 aromatic heterocycles. The predicted molar refractivity (Wildman–Crippen MR) is 76.5 cm³/mol. The van der Waals surface area contributed by atoms with E-state index in [9.17, 15) is 9.59 Å². The number of aliphatic carboxylic acids is 1. The van der Waals surface area contributed by atoms with Crippen LogP contribution in [0.1, 0.15) is 46.5 Å². The van der Waals surface area contributed by atoms with E-state index in [0.29, 0.717) is 13.0 Å². The summed E-state index contributed by atoms with van der Waals surface area (Å²) < 4.78 is 5.18. The van der Waals surface area contributed by atoms with Crippen LogP contribution in [0.2, 0.25) is 0 Å². The summed E-state index contributed by atoms with van der Waals surface area (Å²) >= 11 is 0. The third kappa shape index (κ3) is 6.41. The van der Waals surface area contributed by atoms with Crippen LogP contribution in [0.25, 0.3) is 0 Å². The van der Waals surface area contributed by atoms with Crippen molar-refractivity contribution in [2.75, 3.05) is 6.54 Å². The Kier molecular flexibility index (Phi) is 5.80. The highest BCUT2D eigenvalue weighted by Crippen LogP contribution is 2.23. The molecule has 0 heterocycles. The van der Waals surface area contributed by atoms with Crippen LogP contribution < -0.4 is 5.32 Å². The Balaban J connectivity index is 2.53. The van der Waals surface area contributed by atoms with E-state index in [1.54, 1.807) is 0 Å². The van der Waals surface area contributed by atoms with Crippen molar-refractivity contribution in [1.29, 1.82) is 0 Å². The van der Waals surface area contributed by atoms with E-state index in [4.69, 9.17) is 9.84 Å². The van der Waals surface area contributed by atoms with Gasteiger partial charge in [-0.3, -0.25) is 4.79 Å². The molecule has 5 nitrogen and oxygen atoms in total. The molecule has 0 aromatic rings. The summed E-state index contributed by atoms with van der Waals surface area (Å²) in [5.41, 5.74) is 1.67. The number of allylic oxidation sites excluding steroid dienone is 3. The van der Waals surface area contributed by atoms with Gasteiger partial charge in [-0.2, -0.15) is 0 Å². The molecule has 0 fully saturated rings. The Morgan fingerprint density at radius 1 is 1.25 bits per heavy atom. The molecule has 0 aliphatic heterocycles. The second-order valence-corrected chi connectivity index (χ2v) is 5.84. The molecular weight excluding hydrogens is 258 g/mol. The molecule has 1 rings (SSSR count). The van der Waals surface area contributed by atoms with Crippen molar-refractivity contribution in [2.45, 2.75) is 52.1 Å². The number of carboxylic acid groups (broad SMARTS) is 1. The monoisotopic (exact) mass is 281 g/mol. The van der Waals surface area contributed by atoms with Crippen LogP contribution in [-0.2, 0) is 9.53 Å². The lowest BCUT2D eigenvalue weighted by Gasteiger charge is -2.21. The van der Waals surface area contributed by atoms with Gasteiger partial charge in [0.2, 0.25) is 0 Å². The third-order valence-electron chi connectivity index (χ3n) is 2.88. The topological polar surface area (TPSA) is 75.6 Å². The van der Waals surface area contributed by atoms with Gasteiger partial charge in [0, 0.05) is 13.0 Å². The number of carbonyl (C=O) groups is 2. The smallest absolute Gasteiger partial charge is 0.407 e. The molecule has 5 heteroatoms. The number of alkyl carbamates (subject to hydrolysis) is 1. The minimum absolute atomic E-state index is 0.124. The molecule has 20 heavy (non-hydrogen) atoms. The number of hydrogen-bond donors (Lipinski definition) is 2. The van der Waals surface area contributed by atoms with E-state index >= 15 is 0 Å². The Morgan fingerprint density at radius 3 is 2.40 bits per heavy atom. The molecule has 0 aromatic carbocycles. The van der Waals surface area contributed by atoms with Gasteiger partial charge in [0.05, 0.1) is 0 Å². The first-order valence-corrected chi connectivity index (χ1v) is 6.81. The second-order valence-electron chi connectivity index (χ2n) is 5.84. The Bertz CT molecular complexity index is 430. The predicted octanol–water partition coefficient (Wildman–Crippen LogP) is 3.02. The first-order chi connectivity index (χ1) is 9.28. The van der Waals surface area contributed by atoms with Crippen molar-refractivity contribution < 1.29 is 19.4 Å². The fourth-order valence-corrected chi connectivity index (χ4v) is 1.97. The Hall–Kier alpha value is -1.78. The lowest BCUT2D eigenvalue weighted by Crippen LogP contribution is -2.33. The summed E-state index contributed by atoms with van der Waals surface area (Å²) in [6.07, 6.45) is 5.80. The van der Waals surface area contributed by atoms with Gasteiger partial charge < -0.3 is 15.2 Å². The Labute approximate surface area is 119 Å². The lowest BCUT2D eigenvalue weighted by molar-refractivity contribution is -0.136. The maximum Gasteiger partial charge on any atom is 0.407 e. The fraction of sp³-hybridized carbons (Fsp3) is 0.600. The van der Waals surface area contributed by atoms with Crippen LogP contribution in [0, 0.1) is 0 Å². The van der Waals surface area contributed by atoms with Gasteiger partial charge >= 0.3 is 12.1 Å².